The number of piperidine rings is 1. The highest BCUT2D eigenvalue weighted by Gasteiger charge is 2.19. The molecule has 1 aliphatic rings. The van der Waals surface area contributed by atoms with Gasteiger partial charge < -0.3 is 19.7 Å². The first-order chi connectivity index (χ1) is 12.5. The van der Waals surface area contributed by atoms with Crippen LogP contribution in [-0.4, -0.2) is 66.0 Å². The number of hydrogen-bond donors (Lipinski definition) is 1. The summed E-state index contributed by atoms with van der Waals surface area (Å²) in [7, 11) is 6.18. The zero-order valence-electron chi connectivity index (χ0n) is 16.0. The maximum atomic E-state index is 12.8. The van der Waals surface area contributed by atoms with Gasteiger partial charge >= 0.3 is 0 Å². The van der Waals surface area contributed by atoms with Crippen LogP contribution >= 0.6 is 0 Å². The van der Waals surface area contributed by atoms with E-state index in [9.17, 15) is 4.79 Å². The van der Waals surface area contributed by atoms with Crippen molar-refractivity contribution < 1.29 is 4.79 Å². The van der Waals surface area contributed by atoms with Crippen molar-refractivity contribution in [3.05, 3.63) is 48.0 Å². The van der Waals surface area contributed by atoms with Gasteiger partial charge in [0.05, 0.1) is 23.3 Å². The van der Waals surface area contributed by atoms with E-state index in [1.54, 1.807) is 6.33 Å². The fraction of sp³-hybridized carbons (Fsp3) is 0.500. The van der Waals surface area contributed by atoms with Crippen LogP contribution in [0.3, 0.4) is 0 Å². The Balaban J connectivity index is 1.70. The molecule has 0 saturated carbocycles. The number of carbonyl (C=O) groups is 1. The third-order valence-corrected chi connectivity index (χ3v) is 4.81. The number of carbonyl (C=O) groups excluding carboxylic acids is 1. The number of imidazole rings is 1. The normalized spacial score (nSPS) is 18.2. The van der Waals surface area contributed by atoms with Crippen LogP contribution in [-0.2, 0) is 6.54 Å². The van der Waals surface area contributed by atoms with Crippen molar-refractivity contribution in [3.8, 4) is 5.69 Å². The summed E-state index contributed by atoms with van der Waals surface area (Å²) in [5.74, 6) is 0.515. The van der Waals surface area contributed by atoms with Crippen LogP contribution in [0.2, 0.25) is 0 Å². The molecule has 1 aromatic carbocycles. The van der Waals surface area contributed by atoms with Crippen LogP contribution in [0, 0.1) is 5.92 Å². The molecule has 2 heterocycles. The third kappa shape index (κ3) is 4.71. The lowest BCUT2D eigenvalue weighted by molar-refractivity contribution is 0.0937. The quantitative estimate of drug-likeness (QED) is 0.861. The molecule has 1 fully saturated rings. The summed E-state index contributed by atoms with van der Waals surface area (Å²) in [5, 5.41) is 3.13. The smallest absolute Gasteiger partial charge is 0.253 e. The molecule has 1 atom stereocenters. The lowest BCUT2D eigenvalue weighted by Crippen LogP contribution is -2.39. The molecule has 0 radical (unpaired) electrons. The third-order valence-electron chi connectivity index (χ3n) is 4.81. The number of nitrogens with zero attached hydrogens (tertiary/aromatic N) is 4. The molecule has 0 aliphatic carbocycles. The predicted octanol–water partition coefficient (Wildman–Crippen LogP) is 2.01. The van der Waals surface area contributed by atoms with Gasteiger partial charge in [0, 0.05) is 25.8 Å². The Labute approximate surface area is 155 Å². The minimum Gasteiger partial charge on any atom is -0.352 e. The first-order valence-electron chi connectivity index (χ1n) is 9.26. The molecule has 0 bridgehead atoms. The topological polar surface area (TPSA) is 53.4 Å². The molecule has 6 nitrogen and oxygen atoms in total. The van der Waals surface area contributed by atoms with Crippen LogP contribution in [0.25, 0.3) is 5.69 Å². The van der Waals surface area contributed by atoms with E-state index in [0.29, 0.717) is 11.5 Å². The zero-order chi connectivity index (χ0) is 18.5. The fourth-order valence-corrected chi connectivity index (χ4v) is 3.56. The summed E-state index contributed by atoms with van der Waals surface area (Å²) in [6, 6.07) is 7.70. The second-order valence-corrected chi connectivity index (χ2v) is 7.51. The molecule has 6 heteroatoms. The monoisotopic (exact) mass is 355 g/mol. The SMILES string of the molecule is CN(C)Cc1cn(-c2ccccc2C(=O)NC[C@H]2CCCN(C)C2)cn1. The van der Waals surface area contributed by atoms with Crippen LogP contribution in [0.5, 0.6) is 0 Å². The molecule has 1 saturated heterocycles. The summed E-state index contributed by atoms with van der Waals surface area (Å²) in [6.07, 6.45) is 6.16. The van der Waals surface area contributed by atoms with Crippen molar-refractivity contribution >= 4 is 5.91 Å². The molecule has 2 aromatic rings. The second-order valence-electron chi connectivity index (χ2n) is 7.51. The second kappa shape index (κ2) is 8.47. The first-order valence-corrected chi connectivity index (χ1v) is 9.26. The number of aromatic nitrogens is 2. The van der Waals surface area contributed by atoms with Gasteiger partial charge in [0.15, 0.2) is 0 Å². The highest BCUT2D eigenvalue weighted by molar-refractivity contribution is 5.97. The Bertz CT molecular complexity index is 739. The van der Waals surface area contributed by atoms with E-state index in [1.165, 1.54) is 12.8 Å². The molecule has 0 spiro atoms. The Morgan fingerprint density at radius 1 is 1.35 bits per heavy atom. The van der Waals surface area contributed by atoms with Gasteiger partial charge in [0.25, 0.3) is 5.91 Å². The van der Waals surface area contributed by atoms with E-state index in [1.807, 2.05) is 49.1 Å². The minimum atomic E-state index is -0.0170. The van der Waals surface area contributed by atoms with Crippen molar-refractivity contribution in [1.29, 1.82) is 0 Å². The number of benzene rings is 1. The van der Waals surface area contributed by atoms with Gasteiger partial charge in [0.2, 0.25) is 0 Å². The molecule has 1 aromatic heterocycles. The van der Waals surface area contributed by atoms with Gasteiger partial charge in [-0.15, -0.1) is 0 Å². The van der Waals surface area contributed by atoms with E-state index in [2.05, 4.69) is 27.1 Å². The van der Waals surface area contributed by atoms with Crippen molar-refractivity contribution in [3.63, 3.8) is 0 Å². The lowest BCUT2D eigenvalue weighted by atomic mass is 9.98. The van der Waals surface area contributed by atoms with Crippen LogP contribution in [0.1, 0.15) is 28.9 Å². The standard InChI is InChI=1S/C20H29N5O/c1-23(2)13-17-14-25(15-22-17)19-9-5-4-8-18(19)20(26)21-11-16-7-6-10-24(3)12-16/h4-5,8-9,14-16H,6-7,10-13H2,1-3H3,(H,21,26)/t16-/m1/s1. The molecule has 1 N–H and O–H groups in total. The maximum Gasteiger partial charge on any atom is 0.253 e. The number of para-hydroxylation sites is 1. The first kappa shape index (κ1) is 18.6. The average Bonchev–Trinajstić information content (AvgIpc) is 3.07. The summed E-state index contributed by atoms with van der Waals surface area (Å²) in [5.41, 5.74) is 2.53. The molecular formula is C20H29N5O. The van der Waals surface area contributed by atoms with Crippen LogP contribution in [0.4, 0.5) is 0 Å². The van der Waals surface area contributed by atoms with Crippen molar-refractivity contribution in [2.45, 2.75) is 19.4 Å². The van der Waals surface area contributed by atoms with Crippen LogP contribution in [0.15, 0.2) is 36.8 Å². The highest BCUT2D eigenvalue weighted by atomic mass is 16.1. The molecule has 0 unspecified atom stereocenters. The largest absolute Gasteiger partial charge is 0.352 e. The molecule has 1 aliphatic heterocycles. The van der Waals surface area contributed by atoms with Gasteiger partial charge in [0.1, 0.15) is 0 Å². The molecule has 3 rings (SSSR count). The van der Waals surface area contributed by atoms with Gasteiger partial charge in [-0.05, 0) is 58.6 Å². The average molecular weight is 355 g/mol. The fourth-order valence-electron chi connectivity index (χ4n) is 3.56. The van der Waals surface area contributed by atoms with E-state index in [4.69, 9.17) is 0 Å². The molecule has 26 heavy (non-hydrogen) atoms. The van der Waals surface area contributed by atoms with Crippen molar-refractivity contribution in [2.24, 2.45) is 5.92 Å². The van der Waals surface area contributed by atoms with E-state index >= 15 is 0 Å². The summed E-state index contributed by atoms with van der Waals surface area (Å²) < 4.78 is 1.93. The van der Waals surface area contributed by atoms with E-state index in [-0.39, 0.29) is 5.91 Å². The van der Waals surface area contributed by atoms with Crippen molar-refractivity contribution in [1.82, 2.24) is 24.7 Å². The Morgan fingerprint density at radius 2 is 2.15 bits per heavy atom. The number of hydrogen-bond acceptors (Lipinski definition) is 4. The zero-order valence-corrected chi connectivity index (χ0v) is 16.0. The minimum absolute atomic E-state index is 0.0170. The molecule has 1 amide bonds. The summed E-state index contributed by atoms with van der Waals surface area (Å²) in [4.78, 5) is 21.6. The molecule has 140 valence electrons. The summed E-state index contributed by atoms with van der Waals surface area (Å²) in [6.45, 7) is 3.71. The van der Waals surface area contributed by atoms with E-state index < -0.39 is 0 Å². The Kier molecular flexibility index (Phi) is 6.06. The molecular weight excluding hydrogens is 326 g/mol. The Morgan fingerprint density at radius 3 is 2.92 bits per heavy atom. The highest BCUT2D eigenvalue weighted by Crippen LogP contribution is 2.17. The lowest BCUT2D eigenvalue weighted by Gasteiger charge is -2.29. The number of amides is 1. The van der Waals surface area contributed by atoms with Crippen LogP contribution < -0.4 is 5.32 Å². The number of rotatable bonds is 6. The van der Waals surface area contributed by atoms with Gasteiger partial charge in [-0.1, -0.05) is 12.1 Å². The van der Waals surface area contributed by atoms with E-state index in [0.717, 1.165) is 37.6 Å². The Hall–Kier alpha value is -2.18. The number of nitrogens with one attached hydrogen (secondary N) is 1. The summed E-state index contributed by atoms with van der Waals surface area (Å²) >= 11 is 0. The van der Waals surface area contributed by atoms with Gasteiger partial charge in [-0.3, -0.25) is 4.79 Å². The van der Waals surface area contributed by atoms with Gasteiger partial charge in [-0.25, -0.2) is 4.98 Å². The maximum absolute atomic E-state index is 12.8. The van der Waals surface area contributed by atoms with Gasteiger partial charge in [-0.2, -0.15) is 0 Å². The van der Waals surface area contributed by atoms with Crippen molar-refractivity contribution in [2.75, 3.05) is 40.8 Å². The predicted molar refractivity (Wildman–Crippen MR) is 104 cm³/mol. The number of likely N-dealkylation sites (tertiary alicyclic amines) is 1.